The zero-order valence-electron chi connectivity index (χ0n) is 11.8. The van der Waals surface area contributed by atoms with Gasteiger partial charge in [0.2, 0.25) is 0 Å². The van der Waals surface area contributed by atoms with Crippen LogP contribution >= 0.6 is 11.8 Å². The lowest BCUT2D eigenvalue weighted by atomic mass is 10.1. The molecular weight excluding hydrogens is 270 g/mol. The van der Waals surface area contributed by atoms with Crippen LogP contribution in [-0.4, -0.2) is 23.2 Å². The Morgan fingerprint density at radius 2 is 2.10 bits per heavy atom. The van der Waals surface area contributed by atoms with Crippen molar-refractivity contribution in [2.75, 3.05) is 5.32 Å². The van der Waals surface area contributed by atoms with Crippen molar-refractivity contribution < 1.29 is 4.79 Å². The van der Waals surface area contributed by atoms with Gasteiger partial charge in [0.15, 0.2) is 0 Å². The fraction of sp³-hybridized carbons (Fsp3) is 0.267. The lowest BCUT2D eigenvalue weighted by Crippen LogP contribution is -2.28. The summed E-state index contributed by atoms with van der Waals surface area (Å²) in [7, 11) is 0. The van der Waals surface area contributed by atoms with Gasteiger partial charge in [0, 0.05) is 16.8 Å². The Bertz CT molecular complexity index is 594. The molecule has 0 fully saturated rings. The normalized spacial score (nSPS) is 22.1. The average Bonchev–Trinajstić information content (AvgIpc) is 2.80. The molecule has 0 aliphatic carbocycles. The van der Waals surface area contributed by atoms with E-state index in [0.29, 0.717) is 5.71 Å². The van der Waals surface area contributed by atoms with E-state index >= 15 is 0 Å². The molecule has 1 amide bonds. The first-order chi connectivity index (χ1) is 9.46. The molecule has 0 spiro atoms. The molecule has 0 aromatic heterocycles. The van der Waals surface area contributed by atoms with Crippen LogP contribution in [0, 0.1) is 0 Å². The molecular formula is C15H17N3OS. The highest BCUT2D eigenvalue weighted by Crippen LogP contribution is 2.48. The number of hydrogen-bond acceptors (Lipinski definition) is 4. The number of rotatable bonds is 3. The number of anilines is 1. The van der Waals surface area contributed by atoms with Crippen molar-refractivity contribution in [2.45, 2.75) is 30.5 Å². The summed E-state index contributed by atoms with van der Waals surface area (Å²) >= 11 is 1.74. The van der Waals surface area contributed by atoms with Crippen molar-refractivity contribution >= 4 is 35.8 Å². The molecule has 20 heavy (non-hydrogen) atoms. The largest absolute Gasteiger partial charge is 0.366 e. The van der Waals surface area contributed by atoms with Crippen LogP contribution in [0.25, 0.3) is 0 Å². The second kappa shape index (κ2) is 5.63. The van der Waals surface area contributed by atoms with Crippen molar-refractivity contribution in [3.05, 3.63) is 36.0 Å². The van der Waals surface area contributed by atoms with E-state index in [1.807, 2.05) is 19.1 Å². The SMILES string of the molecule is C=NC(=O)C(C)=N/C=C(\C)C1(C)Nc2ccccc2S1. The van der Waals surface area contributed by atoms with Crippen LogP contribution in [0.1, 0.15) is 20.8 Å². The molecule has 1 aliphatic rings. The van der Waals surface area contributed by atoms with Gasteiger partial charge in [0.25, 0.3) is 5.91 Å². The first-order valence-corrected chi connectivity index (χ1v) is 7.07. The number of nitrogens with zero attached hydrogens (tertiary/aromatic N) is 2. The first-order valence-electron chi connectivity index (χ1n) is 6.25. The van der Waals surface area contributed by atoms with Gasteiger partial charge < -0.3 is 5.32 Å². The van der Waals surface area contributed by atoms with Gasteiger partial charge >= 0.3 is 0 Å². The summed E-state index contributed by atoms with van der Waals surface area (Å²) in [6, 6.07) is 8.18. The number of aliphatic imine (C=N–C) groups is 2. The molecule has 4 nitrogen and oxygen atoms in total. The van der Waals surface area contributed by atoms with E-state index in [9.17, 15) is 4.79 Å². The topological polar surface area (TPSA) is 53.8 Å². The Morgan fingerprint density at radius 3 is 2.75 bits per heavy atom. The maximum atomic E-state index is 11.3. The molecule has 0 saturated heterocycles. The number of carbonyl (C=O) groups excluding carboxylic acids is 1. The maximum absolute atomic E-state index is 11.3. The van der Waals surface area contributed by atoms with Crippen LogP contribution in [-0.2, 0) is 4.79 Å². The van der Waals surface area contributed by atoms with E-state index in [0.717, 1.165) is 11.3 Å². The highest BCUT2D eigenvalue weighted by atomic mass is 32.2. The third-order valence-electron chi connectivity index (χ3n) is 3.23. The number of carbonyl (C=O) groups is 1. The predicted molar refractivity (Wildman–Crippen MR) is 85.7 cm³/mol. The van der Waals surface area contributed by atoms with E-state index in [4.69, 9.17) is 0 Å². The number of benzene rings is 1. The van der Waals surface area contributed by atoms with Gasteiger partial charge in [-0.25, -0.2) is 4.99 Å². The van der Waals surface area contributed by atoms with Crippen molar-refractivity contribution in [1.29, 1.82) is 0 Å². The Labute approximate surface area is 123 Å². The minimum Gasteiger partial charge on any atom is -0.366 e. The molecule has 1 aliphatic heterocycles. The Balaban J connectivity index is 2.20. The van der Waals surface area contributed by atoms with E-state index in [1.54, 1.807) is 24.9 Å². The minimum atomic E-state index is -0.394. The summed E-state index contributed by atoms with van der Waals surface area (Å²) in [5.41, 5.74) is 2.50. The highest BCUT2D eigenvalue weighted by Gasteiger charge is 2.34. The Morgan fingerprint density at radius 1 is 1.40 bits per heavy atom. The second-order valence-corrected chi connectivity index (χ2v) is 6.21. The van der Waals surface area contributed by atoms with E-state index < -0.39 is 5.91 Å². The van der Waals surface area contributed by atoms with Crippen LogP contribution in [0.2, 0.25) is 0 Å². The standard InChI is InChI=1S/C15H17N3OS/c1-10(9-17-11(2)14(19)16-4)15(3)18-12-7-5-6-8-13(12)20-15/h5-9,18H,4H2,1-3H3/b10-9+,17-11?. The quantitative estimate of drug-likeness (QED) is 0.865. The summed E-state index contributed by atoms with van der Waals surface area (Å²) in [5.74, 6) is -0.394. The van der Waals surface area contributed by atoms with Crippen LogP contribution in [0.5, 0.6) is 0 Å². The van der Waals surface area contributed by atoms with E-state index in [-0.39, 0.29) is 4.87 Å². The number of thioether (sulfide) groups is 1. The average molecular weight is 287 g/mol. The van der Waals surface area contributed by atoms with Crippen molar-refractivity contribution in [2.24, 2.45) is 9.98 Å². The molecule has 1 aromatic rings. The second-order valence-electron chi connectivity index (χ2n) is 4.75. The highest BCUT2D eigenvalue weighted by molar-refractivity contribution is 8.01. The first kappa shape index (κ1) is 14.5. The fourth-order valence-corrected chi connectivity index (χ4v) is 3.02. The fourth-order valence-electron chi connectivity index (χ4n) is 1.83. The van der Waals surface area contributed by atoms with Gasteiger partial charge in [-0.2, -0.15) is 0 Å². The molecule has 1 heterocycles. The van der Waals surface area contributed by atoms with E-state index in [2.05, 4.69) is 41.1 Å². The van der Waals surface area contributed by atoms with E-state index in [1.165, 1.54) is 4.90 Å². The third-order valence-corrected chi connectivity index (χ3v) is 4.64. The smallest absolute Gasteiger partial charge is 0.290 e. The molecule has 1 atom stereocenters. The number of fused-ring (bicyclic) bond motifs is 1. The van der Waals surface area contributed by atoms with Gasteiger partial charge in [-0.15, -0.1) is 0 Å². The lowest BCUT2D eigenvalue weighted by molar-refractivity contribution is -0.111. The van der Waals surface area contributed by atoms with Crippen LogP contribution < -0.4 is 5.32 Å². The monoisotopic (exact) mass is 287 g/mol. The Hall–Kier alpha value is -1.88. The molecule has 1 N–H and O–H groups in total. The summed E-state index contributed by atoms with van der Waals surface area (Å²) in [6.45, 7) is 8.94. The van der Waals surface area contributed by atoms with Gasteiger partial charge in [-0.3, -0.25) is 9.79 Å². The number of hydrogen-bond donors (Lipinski definition) is 1. The summed E-state index contributed by atoms with van der Waals surface area (Å²) in [5, 5.41) is 3.48. The van der Waals surface area contributed by atoms with Crippen molar-refractivity contribution in [3.63, 3.8) is 0 Å². The number of nitrogens with one attached hydrogen (secondary N) is 1. The van der Waals surface area contributed by atoms with Gasteiger partial charge in [0.05, 0.1) is 0 Å². The zero-order valence-corrected chi connectivity index (χ0v) is 12.6. The summed E-state index contributed by atoms with van der Waals surface area (Å²) in [6.07, 6.45) is 1.71. The maximum Gasteiger partial charge on any atom is 0.290 e. The molecule has 1 unspecified atom stereocenters. The lowest BCUT2D eigenvalue weighted by Gasteiger charge is -2.24. The summed E-state index contributed by atoms with van der Waals surface area (Å²) < 4.78 is 0. The van der Waals surface area contributed by atoms with Gasteiger partial charge in [-0.1, -0.05) is 23.9 Å². The van der Waals surface area contributed by atoms with Crippen LogP contribution in [0.3, 0.4) is 0 Å². The molecule has 0 bridgehead atoms. The molecule has 104 valence electrons. The molecule has 2 rings (SSSR count). The number of amides is 1. The van der Waals surface area contributed by atoms with Gasteiger partial charge in [0.1, 0.15) is 10.6 Å². The number of para-hydroxylation sites is 1. The van der Waals surface area contributed by atoms with Crippen LogP contribution in [0.4, 0.5) is 5.69 Å². The van der Waals surface area contributed by atoms with Crippen molar-refractivity contribution in [3.8, 4) is 0 Å². The van der Waals surface area contributed by atoms with Crippen molar-refractivity contribution in [1.82, 2.24) is 0 Å². The molecule has 0 radical (unpaired) electrons. The molecule has 5 heteroatoms. The zero-order chi connectivity index (χ0) is 14.8. The molecule has 0 saturated carbocycles. The summed E-state index contributed by atoms with van der Waals surface area (Å²) in [4.78, 5) is 19.8. The molecule has 1 aromatic carbocycles. The Kier molecular flexibility index (Phi) is 4.09. The van der Waals surface area contributed by atoms with Crippen LogP contribution in [0.15, 0.2) is 50.9 Å². The minimum absolute atomic E-state index is 0.252. The third kappa shape index (κ3) is 2.82. The predicted octanol–water partition coefficient (Wildman–Crippen LogP) is 3.51. The van der Waals surface area contributed by atoms with Gasteiger partial charge in [-0.05, 0) is 45.2 Å².